The lowest BCUT2D eigenvalue weighted by Crippen LogP contribution is -2.50. The Hall–Kier alpha value is -0.450. The quantitative estimate of drug-likeness (QED) is 0.884. The van der Waals surface area contributed by atoms with Gasteiger partial charge in [0.2, 0.25) is 0 Å². The predicted octanol–water partition coefficient (Wildman–Crippen LogP) is 3.62. The van der Waals surface area contributed by atoms with Crippen LogP contribution in [-0.4, -0.2) is 17.3 Å². The fraction of sp³-hybridized carbons (Fsp3) is 0.600. The molecular weight excluding hydrogens is 309 g/mol. The van der Waals surface area contributed by atoms with Crippen molar-refractivity contribution in [1.29, 1.82) is 0 Å². The average molecular weight is 330 g/mol. The predicted molar refractivity (Wildman–Crippen MR) is 78.4 cm³/mol. The summed E-state index contributed by atoms with van der Waals surface area (Å²) < 4.78 is 13.8. The van der Waals surface area contributed by atoms with E-state index in [-0.39, 0.29) is 18.0 Å². The van der Waals surface area contributed by atoms with Gasteiger partial charge in [-0.15, -0.1) is 0 Å². The van der Waals surface area contributed by atoms with Gasteiger partial charge in [-0.3, -0.25) is 0 Å². The van der Waals surface area contributed by atoms with Gasteiger partial charge in [-0.25, -0.2) is 4.39 Å². The molecule has 1 aliphatic carbocycles. The summed E-state index contributed by atoms with van der Waals surface area (Å²) in [5.41, 5.74) is 0.855. The van der Waals surface area contributed by atoms with Crippen molar-refractivity contribution in [2.24, 2.45) is 5.92 Å². The highest BCUT2D eigenvalue weighted by Gasteiger charge is 2.33. The Bertz CT molecular complexity index is 430. The molecule has 1 aliphatic rings. The summed E-state index contributed by atoms with van der Waals surface area (Å²) in [4.78, 5) is 0. The molecule has 1 saturated carbocycles. The molecule has 1 aromatic rings. The summed E-state index contributed by atoms with van der Waals surface area (Å²) in [6.45, 7) is 3.08. The van der Waals surface area contributed by atoms with Gasteiger partial charge < -0.3 is 10.4 Å². The summed E-state index contributed by atoms with van der Waals surface area (Å²) in [6.07, 6.45) is 4.31. The van der Waals surface area contributed by atoms with Crippen LogP contribution in [0.1, 0.15) is 38.2 Å². The first-order valence-corrected chi connectivity index (χ1v) is 7.64. The largest absolute Gasteiger partial charge is 0.394 e. The van der Waals surface area contributed by atoms with Crippen molar-refractivity contribution in [2.45, 2.75) is 44.7 Å². The van der Waals surface area contributed by atoms with Crippen molar-refractivity contribution in [2.75, 3.05) is 6.61 Å². The van der Waals surface area contributed by atoms with Gasteiger partial charge in [0.1, 0.15) is 5.82 Å². The molecule has 2 nitrogen and oxygen atoms in total. The molecule has 4 heteroatoms. The van der Waals surface area contributed by atoms with Gasteiger partial charge in [0, 0.05) is 16.6 Å². The Morgan fingerprint density at radius 2 is 2.11 bits per heavy atom. The van der Waals surface area contributed by atoms with Crippen LogP contribution in [0, 0.1) is 11.7 Å². The molecule has 0 radical (unpaired) electrons. The SMILES string of the molecule is CC1CCC(CO)(NCc2ccc(F)cc2Br)CC1. The summed E-state index contributed by atoms with van der Waals surface area (Å²) in [5, 5.41) is 13.2. The maximum atomic E-state index is 13.0. The number of rotatable bonds is 4. The van der Waals surface area contributed by atoms with E-state index in [1.807, 2.05) is 0 Å². The van der Waals surface area contributed by atoms with Crippen LogP contribution in [0.15, 0.2) is 22.7 Å². The Morgan fingerprint density at radius 3 is 2.68 bits per heavy atom. The van der Waals surface area contributed by atoms with E-state index >= 15 is 0 Å². The second-order valence-corrected chi connectivity index (χ2v) is 6.56. The van der Waals surface area contributed by atoms with Crippen molar-refractivity contribution >= 4 is 15.9 Å². The zero-order chi connectivity index (χ0) is 13.9. The maximum Gasteiger partial charge on any atom is 0.124 e. The first-order valence-electron chi connectivity index (χ1n) is 6.84. The lowest BCUT2D eigenvalue weighted by atomic mass is 9.77. The molecule has 0 saturated heterocycles. The Labute approximate surface area is 122 Å². The lowest BCUT2D eigenvalue weighted by Gasteiger charge is -2.39. The lowest BCUT2D eigenvalue weighted by molar-refractivity contribution is 0.104. The zero-order valence-corrected chi connectivity index (χ0v) is 12.8. The normalized spacial score (nSPS) is 27.5. The van der Waals surface area contributed by atoms with Gasteiger partial charge in [0.15, 0.2) is 0 Å². The van der Waals surface area contributed by atoms with Gasteiger partial charge in [-0.05, 0) is 49.3 Å². The smallest absolute Gasteiger partial charge is 0.124 e. The molecule has 0 spiro atoms. The fourth-order valence-corrected chi connectivity index (χ4v) is 3.14. The van der Waals surface area contributed by atoms with Crippen LogP contribution >= 0.6 is 15.9 Å². The van der Waals surface area contributed by atoms with Crippen LogP contribution in [0.5, 0.6) is 0 Å². The third-order valence-electron chi connectivity index (χ3n) is 4.20. The number of benzene rings is 1. The highest BCUT2D eigenvalue weighted by molar-refractivity contribution is 9.10. The van der Waals surface area contributed by atoms with Gasteiger partial charge >= 0.3 is 0 Å². The molecule has 0 atom stereocenters. The molecule has 0 unspecified atom stereocenters. The molecule has 0 heterocycles. The van der Waals surface area contributed by atoms with E-state index in [0.717, 1.165) is 41.6 Å². The minimum absolute atomic E-state index is 0.165. The molecule has 19 heavy (non-hydrogen) atoms. The monoisotopic (exact) mass is 329 g/mol. The third kappa shape index (κ3) is 3.77. The summed E-state index contributed by atoms with van der Waals surface area (Å²) in [6, 6.07) is 4.73. The molecule has 2 rings (SSSR count). The molecule has 2 N–H and O–H groups in total. The molecule has 106 valence electrons. The van der Waals surface area contributed by atoms with E-state index in [0.29, 0.717) is 6.54 Å². The van der Waals surface area contributed by atoms with E-state index in [4.69, 9.17) is 0 Å². The zero-order valence-electron chi connectivity index (χ0n) is 11.3. The number of halogens is 2. The second kappa shape index (κ2) is 6.33. The molecule has 0 aliphatic heterocycles. The van der Waals surface area contributed by atoms with Crippen LogP contribution in [0.4, 0.5) is 4.39 Å². The number of nitrogens with one attached hydrogen (secondary N) is 1. The van der Waals surface area contributed by atoms with Crippen molar-refractivity contribution in [1.82, 2.24) is 5.32 Å². The van der Waals surface area contributed by atoms with E-state index < -0.39 is 0 Å². The van der Waals surface area contributed by atoms with Crippen molar-refractivity contribution in [3.8, 4) is 0 Å². The summed E-state index contributed by atoms with van der Waals surface area (Å²) >= 11 is 3.38. The highest BCUT2D eigenvalue weighted by Crippen LogP contribution is 2.32. The molecule has 1 aromatic carbocycles. The van der Waals surface area contributed by atoms with Crippen molar-refractivity contribution < 1.29 is 9.50 Å². The minimum atomic E-state index is -0.237. The van der Waals surface area contributed by atoms with E-state index in [2.05, 4.69) is 28.2 Å². The van der Waals surface area contributed by atoms with Gasteiger partial charge in [-0.2, -0.15) is 0 Å². The van der Waals surface area contributed by atoms with Crippen molar-refractivity contribution in [3.63, 3.8) is 0 Å². The van der Waals surface area contributed by atoms with E-state index in [9.17, 15) is 9.50 Å². The highest BCUT2D eigenvalue weighted by atomic mass is 79.9. The number of hydrogen-bond donors (Lipinski definition) is 2. The Morgan fingerprint density at radius 1 is 1.42 bits per heavy atom. The number of aliphatic hydroxyl groups excluding tert-OH is 1. The first-order chi connectivity index (χ1) is 9.04. The second-order valence-electron chi connectivity index (χ2n) is 5.71. The van der Waals surface area contributed by atoms with Crippen LogP contribution in [-0.2, 0) is 6.54 Å². The van der Waals surface area contributed by atoms with Crippen molar-refractivity contribution in [3.05, 3.63) is 34.1 Å². The maximum absolute atomic E-state index is 13.0. The first kappa shape index (κ1) is 14.9. The summed E-state index contributed by atoms with van der Waals surface area (Å²) in [5.74, 6) is 0.512. The van der Waals surface area contributed by atoms with E-state index in [1.54, 1.807) is 6.07 Å². The standard InChI is InChI=1S/C15H21BrFNO/c1-11-4-6-15(10-19,7-5-11)18-9-12-2-3-13(17)8-14(12)16/h2-3,8,11,18-19H,4-7,9-10H2,1H3. The fourth-order valence-electron chi connectivity index (χ4n) is 2.65. The minimum Gasteiger partial charge on any atom is -0.394 e. The Kier molecular flexibility index (Phi) is 4.98. The number of hydrogen-bond acceptors (Lipinski definition) is 2. The molecule has 0 aromatic heterocycles. The van der Waals surface area contributed by atoms with Gasteiger partial charge in [0.25, 0.3) is 0 Å². The topological polar surface area (TPSA) is 32.3 Å². The van der Waals surface area contributed by atoms with Crippen LogP contribution in [0.2, 0.25) is 0 Å². The van der Waals surface area contributed by atoms with Crippen LogP contribution in [0.3, 0.4) is 0 Å². The van der Waals surface area contributed by atoms with E-state index in [1.165, 1.54) is 12.1 Å². The molecular formula is C15H21BrFNO. The van der Waals surface area contributed by atoms with Gasteiger partial charge in [0.05, 0.1) is 6.61 Å². The van der Waals surface area contributed by atoms with Gasteiger partial charge in [-0.1, -0.05) is 28.9 Å². The Balaban J connectivity index is 2.00. The summed E-state index contributed by atoms with van der Waals surface area (Å²) in [7, 11) is 0. The van der Waals surface area contributed by atoms with Crippen LogP contribution < -0.4 is 5.32 Å². The van der Waals surface area contributed by atoms with Crippen LogP contribution in [0.25, 0.3) is 0 Å². The average Bonchev–Trinajstić information content (AvgIpc) is 2.40. The molecule has 0 amide bonds. The third-order valence-corrected chi connectivity index (χ3v) is 4.94. The number of aliphatic hydroxyl groups is 1. The molecule has 1 fully saturated rings. The molecule has 0 bridgehead atoms.